The van der Waals surface area contributed by atoms with E-state index in [9.17, 15) is 18.4 Å². The Kier molecular flexibility index (Phi) is 5.61. The number of aromatic nitrogens is 4. The van der Waals surface area contributed by atoms with E-state index >= 15 is 0 Å². The van der Waals surface area contributed by atoms with Crippen LogP contribution in [-0.4, -0.2) is 26.6 Å². The lowest BCUT2D eigenvalue weighted by molar-refractivity contribution is -0.140. The minimum atomic E-state index is -4.53. The highest BCUT2D eigenvalue weighted by molar-refractivity contribution is 6.28. The maximum absolute atomic E-state index is 12.9. The lowest BCUT2D eigenvalue weighted by Crippen LogP contribution is -2.08. The van der Waals surface area contributed by atoms with Crippen molar-refractivity contribution in [3.63, 3.8) is 0 Å². The third-order valence-electron chi connectivity index (χ3n) is 3.90. The van der Waals surface area contributed by atoms with E-state index in [4.69, 9.17) is 21.1 Å². The molecule has 2 heterocycles. The fraction of sp³-hybridized carbons (Fsp3) is 0.222. The summed E-state index contributed by atoms with van der Waals surface area (Å²) in [7, 11) is 2.86. The normalized spacial score (nSPS) is 12.3. The van der Waals surface area contributed by atoms with Crippen molar-refractivity contribution in [1.29, 1.82) is 5.26 Å². The van der Waals surface area contributed by atoms with E-state index < -0.39 is 18.0 Å². The number of nitrogens with zero attached hydrogens (tertiary/aromatic N) is 5. The second kappa shape index (κ2) is 7.97. The molecule has 0 saturated carbocycles. The summed E-state index contributed by atoms with van der Waals surface area (Å²) in [6.45, 7) is 0. The van der Waals surface area contributed by atoms with Crippen LogP contribution < -0.4 is 9.47 Å². The van der Waals surface area contributed by atoms with Crippen LogP contribution in [0.3, 0.4) is 0 Å². The van der Waals surface area contributed by atoms with Crippen LogP contribution in [-0.2, 0) is 13.2 Å². The van der Waals surface area contributed by atoms with Crippen molar-refractivity contribution in [1.82, 2.24) is 19.5 Å². The van der Waals surface area contributed by atoms with Gasteiger partial charge in [0.05, 0.1) is 13.3 Å². The number of rotatable bonds is 5. The summed E-state index contributed by atoms with van der Waals surface area (Å²) in [6, 6.07) is 8.20. The Labute approximate surface area is 168 Å². The van der Waals surface area contributed by atoms with Gasteiger partial charge in [-0.1, -0.05) is 24.3 Å². The number of halogens is 4. The quantitative estimate of drug-likeness (QED) is 0.572. The van der Waals surface area contributed by atoms with Crippen LogP contribution in [0.5, 0.6) is 11.6 Å². The van der Waals surface area contributed by atoms with Crippen molar-refractivity contribution >= 4 is 11.6 Å². The standard InChI is InChI=1S/C18H13ClF3N5O2/c1-27-9-14(18(20,21)22)25-15(27)11-5-3-10(4-6-11)12(7-23)29-16-13(28-2)8-24-17(19)26-16/h3-6,8-9,12H,1-2H3. The summed E-state index contributed by atoms with van der Waals surface area (Å²) in [5.41, 5.74) is -0.0746. The van der Waals surface area contributed by atoms with E-state index in [1.165, 1.54) is 24.9 Å². The van der Waals surface area contributed by atoms with Gasteiger partial charge in [0.15, 0.2) is 11.4 Å². The summed E-state index contributed by atoms with van der Waals surface area (Å²) in [6.07, 6.45) is -3.37. The van der Waals surface area contributed by atoms with Gasteiger partial charge in [0.2, 0.25) is 11.4 Å². The summed E-state index contributed by atoms with van der Waals surface area (Å²) in [5.74, 6) is 0.323. The zero-order chi connectivity index (χ0) is 21.2. The van der Waals surface area contributed by atoms with Crippen molar-refractivity contribution < 1.29 is 22.6 Å². The molecule has 0 aliphatic heterocycles. The summed E-state index contributed by atoms with van der Waals surface area (Å²) in [5, 5.41) is 9.38. The molecule has 1 aromatic carbocycles. The average molecular weight is 424 g/mol. The lowest BCUT2D eigenvalue weighted by Gasteiger charge is -2.14. The molecule has 2 aromatic heterocycles. The van der Waals surface area contributed by atoms with Crippen molar-refractivity contribution in [2.75, 3.05) is 7.11 Å². The molecule has 0 amide bonds. The Morgan fingerprint density at radius 3 is 2.45 bits per heavy atom. The number of hydrogen-bond acceptors (Lipinski definition) is 6. The molecule has 0 spiro atoms. The molecule has 29 heavy (non-hydrogen) atoms. The molecule has 0 aliphatic carbocycles. The zero-order valence-electron chi connectivity index (χ0n) is 15.1. The Morgan fingerprint density at radius 1 is 1.21 bits per heavy atom. The number of alkyl halides is 3. The van der Waals surface area contributed by atoms with Gasteiger partial charge < -0.3 is 14.0 Å². The molecule has 7 nitrogen and oxygen atoms in total. The first-order chi connectivity index (χ1) is 13.7. The van der Waals surface area contributed by atoms with Crippen LogP contribution >= 0.6 is 11.6 Å². The summed E-state index contributed by atoms with van der Waals surface area (Å²) in [4.78, 5) is 11.3. The number of methoxy groups -OCH3 is 1. The number of benzene rings is 1. The highest BCUT2D eigenvalue weighted by Crippen LogP contribution is 2.32. The minimum Gasteiger partial charge on any atom is -0.490 e. The number of nitriles is 1. The SMILES string of the molecule is COc1cnc(Cl)nc1OC(C#N)c1ccc(-c2nc(C(F)(F)F)cn2C)cc1. The fourth-order valence-corrected chi connectivity index (χ4v) is 2.64. The van der Waals surface area contributed by atoms with Gasteiger partial charge in [0.25, 0.3) is 5.88 Å². The molecule has 3 rings (SSSR count). The minimum absolute atomic E-state index is 0.0120. The predicted octanol–water partition coefficient (Wildman–Crippen LogP) is 4.20. The number of aryl methyl sites for hydroxylation is 1. The van der Waals surface area contributed by atoms with Crippen molar-refractivity contribution in [3.8, 4) is 29.1 Å². The number of ether oxygens (including phenoxy) is 2. The van der Waals surface area contributed by atoms with Crippen LogP contribution in [0.1, 0.15) is 17.4 Å². The molecular weight excluding hydrogens is 411 g/mol. The first-order valence-electron chi connectivity index (χ1n) is 8.06. The molecule has 1 unspecified atom stereocenters. The smallest absolute Gasteiger partial charge is 0.434 e. The van der Waals surface area contributed by atoms with Crippen LogP contribution in [0, 0.1) is 11.3 Å². The Bertz CT molecular complexity index is 1060. The molecule has 1 atom stereocenters. The van der Waals surface area contributed by atoms with Gasteiger partial charge >= 0.3 is 6.18 Å². The Morgan fingerprint density at radius 2 is 1.90 bits per heavy atom. The third kappa shape index (κ3) is 4.41. The van der Waals surface area contributed by atoms with Gasteiger partial charge in [-0.05, 0) is 11.6 Å². The van der Waals surface area contributed by atoms with E-state index in [1.54, 1.807) is 24.3 Å². The second-order valence-corrected chi connectivity index (χ2v) is 6.16. The average Bonchev–Trinajstić information content (AvgIpc) is 3.08. The molecule has 0 saturated heterocycles. The molecule has 0 N–H and O–H groups in total. The molecular formula is C18H13ClF3N5O2. The largest absolute Gasteiger partial charge is 0.490 e. The summed E-state index contributed by atoms with van der Waals surface area (Å²) >= 11 is 5.75. The number of imidazole rings is 1. The van der Waals surface area contributed by atoms with E-state index in [0.717, 1.165) is 6.20 Å². The van der Waals surface area contributed by atoms with Crippen molar-refractivity contribution in [2.45, 2.75) is 12.3 Å². The molecule has 0 fully saturated rings. The Balaban J connectivity index is 1.87. The van der Waals surface area contributed by atoms with Gasteiger partial charge in [-0.15, -0.1) is 0 Å². The van der Waals surface area contributed by atoms with Gasteiger partial charge in [-0.2, -0.15) is 23.4 Å². The fourth-order valence-electron chi connectivity index (χ4n) is 2.52. The second-order valence-electron chi connectivity index (χ2n) is 5.82. The lowest BCUT2D eigenvalue weighted by atomic mass is 10.1. The predicted molar refractivity (Wildman–Crippen MR) is 96.2 cm³/mol. The highest BCUT2D eigenvalue weighted by atomic mass is 35.5. The van der Waals surface area contributed by atoms with E-state index in [-0.39, 0.29) is 22.7 Å². The maximum Gasteiger partial charge on any atom is 0.434 e. The van der Waals surface area contributed by atoms with Crippen LogP contribution in [0.25, 0.3) is 11.4 Å². The van der Waals surface area contributed by atoms with Gasteiger partial charge in [0, 0.05) is 24.4 Å². The van der Waals surface area contributed by atoms with Crippen LogP contribution in [0.15, 0.2) is 36.7 Å². The third-order valence-corrected chi connectivity index (χ3v) is 4.08. The first kappa shape index (κ1) is 20.4. The molecule has 0 radical (unpaired) electrons. The molecule has 0 aliphatic rings. The van der Waals surface area contributed by atoms with Gasteiger partial charge in [-0.3, -0.25) is 0 Å². The topological polar surface area (TPSA) is 85.8 Å². The highest BCUT2D eigenvalue weighted by Gasteiger charge is 2.34. The zero-order valence-corrected chi connectivity index (χ0v) is 15.9. The van der Waals surface area contributed by atoms with E-state index in [0.29, 0.717) is 11.1 Å². The maximum atomic E-state index is 12.9. The van der Waals surface area contributed by atoms with Gasteiger partial charge in [0.1, 0.15) is 11.9 Å². The number of hydrogen-bond donors (Lipinski definition) is 0. The monoisotopic (exact) mass is 423 g/mol. The van der Waals surface area contributed by atoms with E-state index in [2.05, 4.69) is 15.0 Å². The Hall–Kier alpha value is -3.32. The molecule has 3 aromatic rings. The van der Waals surface area contributed by atoms with E-state index in [1.807, 2.05) is 6.07 Å². The van der Waals surface area contributed by atoms with Gasteiger partial charge in [-0.25, -0.2) is 9.97 Å². The summed E-state index contributed by atoms with van der Waals surface area (Å²) < 4.78 is 50.5. The van der Waals surface area contributed by atoms with Crippen molar-refractivity contribution in [2.24, 2.45) is 7.05 Å². The molecule has 150 valence electrons. The molecule has 11 heteroatoms. The van der Waals surface area contributed by atoms with Crippen molar-refractivity contribution in [3.05, 3.63) is 53.2 Å². The van der Waals surface area contributed by atoms with Crippen LogP contribution in [0.2, 0.25) is 5.28 Å². The first-order valence-corrected chi connectivity index (χ1v) is 8.44. The molecule has 0 bridgehead atoms. The van der Waals surface area contributed by atoms with Crippen LogP contribution in [0.4, 0.5) is 13.2 Å².